The van der Waals surface area contributed by atoms with Crippen LogP contribution >= 0.6 is 15.9 Å². The smallest absolute Gasteiger partial charge is 0.407 e. The lowest BCUT2D eigenvalue weighted by Gasteiger charge is -2.11. The van der Waals surface area contributed by atoms with Gasteiger partial charge in [-0.2, -0.15) is 0 Å². The van der Waals surface area contributed by atoms with Crippen molar-refractivity contribution in [3.63, 3.8) is 0 Å². The predicted octanol–water partition coefficient (Wildman–Crippen LogP) is 1.43. The molecule has 0 radical (unpaired) electrons. The number of aliphatic hydroxyl groups is 1. The van der Waals surface area contributed by atoms with Gasteiger partial charge in [-0.3, -0.25) is 0 Å². The van der Waals surface area contributed by atoms with Crippen molar-refractivity contribution in [3.8, 4) is 5.75 Å². The molecule has 1 amide bonds. The van der Waals surface area contributed by atoms with E-state index in [0.29, 0.717) is 18.9 Å². The van der Waals surface area contributed by atoms with E-state index in [0.717, 1.165) is 10.0 Å². The van der Waals surface area contributed by atoms with E-state index in [2.05, 4.69) is 21.2 Å². The zero-order valence-electron chi connectivity index (χ0n) is 8.98. The van der Waals surface area contributed by atoms with Crippen LogP contribution in [0.2, 0.25) is 0 Å². The Morgan fingerprint density at radius 1 is 1.59 bits per heavy atom. The summed E-state index contributed by atoms with van der Waals surface area (Å²) < 4.78 is 11.3. The Morgan fingerprint density at radius 3 is 3.06 bits per heavy atom. The van der Waals surface area contributed by atoms with Crippen LogP contribution in [0.3, 0.4) is 0 Å². The molecule has 0 bridgehead atoms. The van der Waals surface area contributed by atoms with Crippen molar-refractivity contribution >= 4 is 22.0 Å². The molecule has 17 heavy (non-hydrogen) atoms. The maximum Gasteiger partial charge on any atom is 0.407 e. The molecule has 2 N–H and O–H groups in total. The van der Waals surface area contributed by atoms with Gasteiger partial charge in [-0.05, 0) is 23.8 Å². The molecule has 1 unspecified atom stereocenters. The summed E-state index contributed by atoms with van der Waals surface area (Å²) in [5.41, 5.74) is 0.754. The van der Waals surface area contributed by atoms with Gasteiger partial charge in [-0.15, -0.1) is 0 Å². The molecule has 1 fully saturated rings. The van der Waals surface area contributed by atoms with Crippen LogP contribution in [0.5, 0.6) is 5.75 Å². The summed E-state index contributed by atoms with van der Waals surface area (Å²) in [6, 6.07) is 5.33. The molecule has 5 nitrogen and oxygen atoms in total. The third-order valence-electron chi connectivity index (χ3n) is 2.37. The topological polar surface area (TPSA) is 67.8 Å². The number of amides is 1. The van der Waals surface area contributed by atoms with E-state index in [-0.39, 0.29) is 12.7 Å². The highest BCUT2D eigenvalue weighted by Crippen LogP contribution is 2.22. The highest BCUT2D eigenvalue weighted by atomic mass is 79.9. The minimum absolute atomic E-state index is 0.0578. The fourth-order valence-corrected chi connectivity index (χ4v) is 1.85. The number of rotatable bonds is 4. The van der Waals surface area contributed by atoms with Gasteiger partial charge in [0.05, 0.1) is 13.2 Å². The normalized spacial score (nSPS) is 18.7. The highest BCUT2D eigenvalue weighted by Gasteiger charge is 2.22. The molecule has 0 aromatic heterocycles. The fourth-order valence-electron chi connectivity index (χ4n) is 1.48. The fraction of sp³-hybridized carbons (Fsp3) is 0.364. The van der Waals surface area contributed by atoms with E-state index in [1.807, 2.05) is 0 Å². The first-order valence-corrected chi connectivity index (χ1v) is 5.95. The van der Waals surface area contributed by atoms with Crippen molar-refractivity contribution in [1.82, 2.24) is 5.32 Å². The molecule has 2 rings (SSSR count). The van der Waals surface area contributed by atoms with Crippen LogP contribution in [0, 0.1) is 0 Å². The lowest BCUT2D eigenvalue weighted by atomic mass is 10.2. The summed E-state index contributed by atoms with van der Waals surface area (Å²) >= 11 is 3.32. The van der Waals surface area contributed by atoms with Gasteiger partial charge in [0.2, 0.25) is 0 Å². The van der Waals surface area contributed by atoms with Gasteiger partial charge in [0, 0.05) is 4.47 Å². The number of ether oxygens (including phenoxy) is 2. The van der Waals surface area contributed by atoms with Crippen molar-refractivity contribution in [2.24, 2.45) is 0 Å². The second kappa shape index (κ2) is 5.37. The number of hydrogen-bond acceptors (Lipinski definition) is 4. The zero-order chi connectivity index (χ0) is 12.3. The van der Waals surface area contributed by atoms with Gasteiger partial charge in [-0.1, -0.05) is 15.9 Å². The Bertz CT molecular complexity index is 424. The summed E-state index contributed by atoms with van der Waals surface area (Å²) in [6.07, 6.45) is -0.672. The molecule has 1 aromatic carbocycles. The van der Waals surface area contributed by atoms with Gasteiger partial charge in [-0.25, -0.2) is 4.79 Å². The van der Waals surface area contributed by atoms with Gasteiger partial charge in [0.25, 0.3) is 0 Å². The number of carbonyl (C=O) groups excluding carboxylic acids is 1. The number of hydrogen-bond donors (Lipinski definition) is 2. The molecule has 0 spiro atoms. The van der Waals surface area contributed by atoms with Gasteiger partial charge in [0.1, 0.15) is 12.4 Å². The Labute approximate surface area is 107 Å². The first-order valence-electron chi connectivity index (χ1n) is 5.15. The molecule has 6 heteroatoms. The van der Waals surface area contributed by atoms with Gasteiger partial charge in [0.15, 0.2) is 6.10 Å². The minimum atomic E-state index is -0.412. The van der Waals surface area contributed by atoms with Gasteiger partial charge < -0.3 is 19.9 Å². The van der Waals surface area contributed by atoms with Crippen molar-refractivity contribution in [1.29, 1.82) is 0 Å². The van der Waals surface area contributed by atoms with Crippen LogP contribution in [-0.4, -0.2) is 30.5 Å². The third kappa shape index (κ3) is 3.10. The van der Waals surface area contributed by atoms with E-state index >= 15 is 0 Å². The molecular weight excluding hydrogens is 290 g/mol. The number of alkyl carbamates (subject to hydrolysis) is 1. The van der Waals surface area contributed by atoms with E-state index in [4.69, 9.17) is 14.6 Å². The van der Waals surface area contributed by atoms with Crippen LogP contribution in [0.25, 0.3) is 0 Å². The lowest BCUT2D eigenvalue weighted by Crippen LogP contribution is -2.21. The van der Waals surface area contributed by atoms with Crippen molar-refractivity contribution < 1.29 is 19.4 Å². The number of benzene rings is 1. The molecular formula is C11H12BrNO4. The van der Waals surface area contributed by atoms with Crippen molar-refractivity contribution in [3.05, 3.63) is 28.2 Å². The molecule has 92 valence electrons. The first-order chi connectivity index (χ1) is 8.19. The second-order valence-corrected chi connectivity index (χ2v) is 4.48. The highest BCUT2D eigenvalue weighted by molar-refractivity contribution is 9.10. The Morgan fingerprint density at radius 2 is 2.41 bits per heavy atom. The lowest BCUT2D eigenvalue weighted by molar-refractivity contribution is 0.105. The SMILES string of the molecule is O=C1NCC(COc2ccc(Br)c(CO)c2)O1. The van der Waals surface area contributed by atoms with Crippen molar-refractivity contribution in [2.75, 3.05) is 13.2 Å². The second-order valence-electron chi connectivity index (χ2n) is 3.63. The first kappa shape index (κ1) is 12.2. The summed E-state index contributed by atoms with van der Waals surface area (Å²) in [5, 5.41) is 11.6. The number of halogens is 1. The molecule has 0 saturated carbocycles. The third-order valence-corrected chi connectivity index (χ3v) is 3.14. The Hall–Kier alpha value is -1.27. The Balaban J connectivity index is 1.92. The largest absolute Gasteiger partial charge is 0.490 e. The van der Waals surface area contributed by atoms with Crippen LogP contribution in [0.1, 0.15) is 5.56 Å². The molecule has 1 aromatic rings. The number of cyclic esters (lactones) is 1. The van der Waals surface area contributed by atoms with Crippen molar-refractivity contribution in [2.45, 2.75) is 12.7 Å². The maximum absolute atomic E-state index is 10.8. The molecule has 0 aliphatic carbocycles. The average molecular weight is 302 g/mol. The predicted molar refractivity (Wildman–Crippen MR) is 63.8 cm³/mol. The van der Waals surface area contributed by atoms with E-state index in [1.165, 1.54) is 0 Å². The average Bonchev–Trinajstić information content (AvgIpc) is 2.74. The minimum Gasteiger partial charge on any atom is -0.490 e. The van der Waals surface area contributed by atoms with Crippen LogP contribution < -0.4 is 10.1 Å². The summed E-state index contributed by atoms with van der Waals surface area (Å²) in [4.78, 5) is 10.8. The Kier molecular flexibility index (Phi) is 3.86. The van der Waals surface area contributed by atoms with E-state index in [1.54, 1.807) is 18.2 Å². The quantitative estimate of drug-likeness (QED) is 0.883. The number of nitrogens with one attached hydrogen (secondary N) is 1. The molecule has 1 atom stereocenters. The summed E-state index contributed by atoms with van der Waals surface area (Å²) in [7, 11) is 0. The standard InChI is InChI=1S/C11H12BrNO4/c12-10-2-1-8(3-7(10)5-14)16-6-9-4-13-11(15)17-9/h1-3,9,14H,4-6H2,(H,13,15). The van der Waals surface area contributed by atoms with Crippen LogP contribution in [0.4, 0.5) is 4.79 Å². The molecule has 1 saturated heterocycles. The van der Waals surface area contributed by atoms with E-state index in [9.17, 15) is 4.79 Å². The van der Waals surface area contributed by atoms with Crippen LogP contribution in [0.15, 0.2) is 22.7 Å². The number of carbonyl (C=O) groups is 1. The van der Waals surface area contributed by atoms with E-state index < -0.39 is 6.09 Å². The van der Waals surface area contributed by atoms with Gasteiger partial charge >= 0.3 is 6.09 Å². The zero-order valence-corrected chi connectivity index (χ0v) is 10.6. The molecule has 1 aliphatic rings. The molecule has 1 heterocycles. The number of aliphatic hydroxyl groups excluding tert-OH is 1. The maximum atomic E-state index is 10.8. The van der Waals surface area contributed by atoms with Crippen LogP contribution in [-0.2, 0) is 11.3 Å². The summed E-state index contributed by atoms with van der Waals surface area (Å²) in [6.45, 7) is 0.700. The summed E-state index contributed by atoms with van der Waals surface area (Å²) in [5.74, 6) is 0.639. The molecule has 1 aliphatic heterocycles. The monoisotopic (exact) mass is 301 g/mol.